The number of methoxy groups -OCH3 is 2. The van der Waals surface area contributed by atoms with Crippen LogP contribution in [0.5, 0.6) is 0 Å². The molecule has 0 fully saturated rings. The zero-order chi connectivity index (χ0) is 25.1. The van der Waals surface area contributed by atoms with Crippen molar-refractivity contribution in [3.63, 3.8) is 0 Å². The van der Waals surface area contributed by atoms with E-state index in [0.29, 0.717) is 0 Å². The summed E-state index contributed by atoms with van der Waals surface area (Å²) < 4.78 is 13.2. The molecule has 0 spiro atoms. The van der Waals surface area contributed by atoms with Crippen LogP contribution >= 0.6 is 0 Å². The number of anilines is 1. The Balaban J connectivity index is 1.71. The zero-order valence-corrected chi connectivity index (χ0v) is 22.3. The van der Waals surface area contributed by atoms with Crippen LogP contribution in [-0.4, -0.2) is 50.8 Å². The van der Waals surface area contributed by atoms with Gasteiger partial charge in [-0.3, -0.25) is 0 Å². The molecule has 4 heteroatoms. The second-order valence-corrected chi connectivity index (χ2v) is 10.6. The first-order chi connectivity index (χ1) is 16.8. The fourth-order valence-corrected chi connectivity index (χ4v) is 5.73. The predicted octanol–water partition coefficient (Wildman–Crippen LogP) is 6.37. The molecule has 0 unspecified atom stereocenters. The van der Waals surface area contributed by atoms with E-state index in [4.69, 9.17) is 9.47 Å². The summed E-state index contributed by atoms with van der Waals surface area (Å²) in [6.07, 6.45) is 8.90. The van der Waals surface area contributed by atoms with Crippen LogP contribution in [0.1, 0.15) is 51.7 Å². The van der Waals surface area contributed by atoms with Crippen molar-refractivity contribution in [2.24, 2.45) is 0 Å². The molecule has 0 atom stereocenters. The smallest absolute Gasteiger partial charge is 0.209 e. The molecule has 0 saturated heterocycles. The summed E-state index contributed by atoms with van der Waals surface area (Å²) >= 11 is 0. The molecular weight excluding hydrogens is 432 g/mol. The van der Waals surface area contributed by atoms with E-state index in [2.05, 4.69) is 104 Å². The first kappa shape index (κ1) is 25.4. The van der Waals surface area contributed by atoms with Crippen molar-refractivity contribution in [2.75, 3.05) is 45.4 Å². The van der Waals surface area contributed by atoms with Crippen molar-refractivity contribution >= 4 is 17.1 Å². The molecule has 0 N–H and O–H groups in total. The molecule has 0 saturated carbocycles. The summed E-state index contributed by atoms with van der Waals surface area (Å²) in [6, 6.07) is 17.6. The topological polar surface area (TPSA) is 24.7 Å². The molecule has 2 aromatic carbocycles. The first-order valence-corrected chi connectivity index (χ1v) is 12.8. The molecule has 2 aliphatic rings. The van der Waals surface area contributed by atoms with E-state index in [1.54, 1.807) is 14.2 Å². The fraction of sp³-hybridized carbons (Fsp3) is 0.452. The SMILES string of the molecule is COCCCN1C(=CC=CC2=[N+](CCCOC)c3ccccc3C2(C)C)C(C)(C)c2ccccc21. The highest BCUT2D eigenvalue weighted by Gasteiger charge is 2.44. The lowest BCUT2D eigenvalue weighted by molar-refractivity contribution is -0.438. The van der Waals surface area contributed by atoms with Crippen molar-refractivity contribution in [2.45, 2.75) is 51.4 Å². The van der Waals surface area contributed by atoms with E-state index in [1.807, 2.05) is 0 Å². The largest absolute Gasteiger partial charge is 0.385 e. The van der Waals surface area contributed by atoms with E-state index in [9.17, 15) is 0 Å². The summed E-state index contributed by atoms with van der Waals surface area (Å²) in [6.45, 7) is 12.8. The number of ether oxygens (including phenoxy) is 2. The highest BCUT2D eigenvalue weighted by Crippen LogP contribution is 2.47. The molecular formula is C31H41N2O2+. The number of hydrogen-bond donors (Lipinski definition) is 0. The third-order valence-electron chi connectivity index (χ3n) is 7.57. The molecule has 4 nitrogen and oxygen atoms in total. The second kappa shape index (κ2) is 10.5. The van der Waals surface area contributed by atoms with E-state index in [-0.39, 0.29) is 10.8 Å². The Bertz CT molecular complexity index is 1140. The molecule has 186 valence electrons. The third kappa shape index (κ3) is 4.74. The van der Waals surface area contributed by atoms with Crippen LogP contribution in [0.3, 0.4) is 0 Å². The maximum absolute atomic E-state index is 5.35. The highest BCUT2D eigenvalue weighted by molar-refractivity contribution is 6.03. The average molecular weight is 474 g/mol. The number of hydrogen-bond acceptors (Lipinski definition) is 3. The Hall–Kier alpha value is -2.69. The van der Waals surface area contributed by atoms with Crippen LogP contribution in [0.2, 0.25) is 0 Å². The lowest BCUT2D eigenvalue weighted by Crippen LogP contribution is -2.28. The number of fused-ring (bicyclic) bond motifs is 2. The van der Waals surface area contributed by atoms with Gasteiger partial charge in [0.25, 0.3) is 0 Å². The van der Waals surface area contributed by atoms with Gasteiger partial charge in [0.15, 0.2) is 12.3 Å². The van der Waals surface area contributed by atoms with Gasteiger partial charge in [0.1, 0.15) is 0 Å². The van der Waals surface area contributed by atoms with Gasteiger partial charge < -0.3 is 14.4 Å². The molecule has 0 aromatic heterocycles. The van der Waals surface area contributed by atoms with Gasteiger partial charge in [0.05, 0.1) is 12.0 Å². The number of rotatable bonds is 10. The Labute approximate surface area is 211 Å². The number of allylic oxidation sites excluding steroid dienone is 4. The number of para-hydroxylation sites is 2. The van der Waals surface area contributed by atoms with Gasteiger partial charge in [0, 0.05) is 68.3 Å². The van der Waals surface area contributed by atoms with Crippen LogP contribution in [0.4, 0.5) is 11.4 Å². The minimum Gasteiger partial charge on any atom is -0.385 e. The van der Waals surface area contributed by atoms with Crippen LogP contribution in [0.25, 0.3) is 0 Å². The van der Waals surface area contributed by atoms with Gasteiger partial charge in [-0.05, 0) is 38.0 Å². The van der Waals surface area contributed by atoms with Gasteiger partial charge in [-0.15, -0.1) is 0 Å². The van der Waals surface area contributed by atoms with Crippen molar-refractivity contribution < 1.29 is 14.0 Å². The standard InChI is InChI=1S/C31H41N2O2/c1-30(2)24-14-7-9-16-26(24)32(20-12-22-34-5)28(30)18-11-19-29-31(3,4)25-15-8-10-17-27(25)33(29)21-13-23-35-6/h7-11,14-19H,12-13,20-23H2,1-6H3/q+1. The highest BCUT2D eigenvalue weighted by atomic mass is 16.5. The minimum atomic E-state index is -0.0506. The average Bonchev–Trinajstić information content (AvgIpc) is 3.19. The van der Waals surface area contributed by atoms with Gasteiger partial charge in [0.2, 0.25) is 5.69 Å². The molecule has 35 heavy (non-hydrogen) atoms. The first-order valence-electron chi connectivity index (χ1n) is 12.8. The van der Waals surface area contributed by atoms with Crippen LogP contribution in [0.15, 0.2) is 72.5 Å². The van der Waals surface area contributed by atoms with E-state index >= 15 is 0 Å². The van der Waals surface area contributed by atoms with Crippen LogP contribution < -0.4 is 4.90 Å². The van der Waals surface area contributed by atoms with Gasteiger partial charge in [-0.2, -0.15) is 4.58 Å². The molecule has 0 aliphatic carbocycles. The molecule has 0 bridgehead atoms. The monoisotopic (exact) mass is 473 g/mol. The van der Waals surface area contributed by atoms with Crippen LogP contribution in [-0.2, 0) is 20.3 Å². The van der Waals surface area contributed by atoms with E-state index in [1.165, 1.54) is 33.9 Å². The van der Waals surface area contributed by atoms with Crippen molar-refractivity contribution in [3.05, 3.63) is 83.6 Å². The number of benzene rings is 2. The summed E-state index contributed by atoms with van der Waals surface area (Å²) in [7, 11) is 3.55. The molecule has 2 aliphatic heterocycles. The van der Waals surface area contributed by atoms with E-state index in [0.717, 1.165) is 39.1 Å². The molecule has 4 rings (SSSR count). The minimum absolute atomic E-state index is 0.0506. The molecule has 2 heterocycles. The van der Waals surface area contributed by atoms with Crippen LogP contribution in [0, 0.1) is 0 Å². The lowest BCUT2D eigenvalue weighted by Gasteiger charge is -2.27. The summed E-state index contributed by atoms with van der Waals surface area (Å²) in [4.78, 5) is 2.48. The quantitative estimate of drug-likeness (QED) is 0.296. The zero-order valence-electron chi connectivity index (χ0n) is 22.3. The third-order valence-corrected chi connectivity index (χ3v) is 7.57. The molecule has 2 aromatic rings. The van der Waals surface area contributed by atoms with Crippen molar-refractivity contribution in [3.8, 4) is 0 Å². The Kier molecular flexibility index (Phi) is 7.63. The fourth-order valence-electron chi connectivity index (χ4n) is 5.73. The maximum Gasteiger partial charge on any atom is 0.209 e. The Morgan fingerprint density at radius 1 is 0.829 bits per heavy atom. The Morgan fingerprint density at radius 2 is 1.49 bits per heavy atom. The maximum atomic E-state index is 5.35. The van der Waals surface area contributed by atoms with Gasteiger partial charge in [-0.1, -0.05) is 56.3 Å². The number of nitrogens with zero attached hydrogens (tertiary/aromatic N) is 2. The predicted molar refractivity (Wildman–Crippen MR) is 146 cm³/mol. The van der Waals surface area contributed by atoms with Crippen molar-refractivity contribution in [1.82, 2.24) is 0 Å². The second-order valence-electron chi connectivity index (χ2n) is 10.6. The van der Waals surface area contributed by atoms with Crippen molar-refractivity contribution in [1.29, 1.82) is 0 Å². The summed E-state index contributed by atoms with van der Waals surface area (Å²) in [5.74, 6) is 0. The Morgan fingerprint density at radius 3 is 2.23 bits per heavy atom. The summed E-state index contributed by atoms with van der Waals surface area (Å²) in [5.41, 5.74) is 7.98. The van der Waals surface area contributed by atoms with E-state index < -0.39 is 0 Å². The molecule has 0 amide bonds. The summed E-state index contributed by atoms with van der Waals surface area (Å²) in [5, 5.41) is 0. The normalized spacial score (nSPS) is 19.1. The lowest BCUT2D eigenvalue weighted by atomic mass is 9.81. The molecule has 0 radical (unpaired) electrons. The van der Waals surface area contributed by atoms with Gasteiger partial charge >= 0.3 is 0 Å². The van der Waals surface area contributed by atoms with Gasteiger partial charge in [-0.25, -0.2) is 0 Å².